The van der Waals surface area contributed by atoms with Gasteiger partial charge in [0, 0.05) is 5.39 Å². The Labute approximate surface area is 110 Å². The predicted octanol–water partition coefficient (Wildman–Crippen LogP) is 3.56. The molecule has 0 aliphatic rings. The number of carbonyl (C=O) groups is 1. The van der Waals surface area contributed by atoms with Crippen molar-refractivity contribution in [1.82, 2.24) is 4.98 Å². The van der Waals surface area contributed by atoms with Crippen molar-refractivity contribution in [1.29, 1.82) is 0 Å². The fraction of sp³-hybridized carbons (Fsp3) is 0.125. The third-order valence-corrected chi connectivity index (χ3v) is 3.12. The van der Waals surface area contributed by atoms with Crippen molar-refractivity contribution in [2.24, 2.45) is 0 Å². The highest BCUT2D eigenvalue weighted by Gasteiger charge is 2.12. The van der Waals surface area contributed by atoms with Crippen molar-refractivity contribution in [3.8, 4) is 0 Å². The fourth-order valence-corrected chi connectivity index (χ4v) is 2.15. The van der Waals surface area contributed by atoms with Crippen molar-refractivity contribution in [3.63, 3.8) is 0 Å². The summed E-state index contributed by atoms with van der Waals surface area (Å²) < 4.78 is 5.19. The average molecular weight is 251 g/mol. The van der Waals surface area contributed by atoms with Gasteiger partial charge in [0.1, 0.15) is 11.5 Å². The summed E-state index contributed by atoms with van der Waals surface area (Å²) in [4.78, 5) is 16.6. The van der Waals surface area contributed by atoms with Gasteiger partial charge in [-0.3, -0.25) is 4.79 Å². The molecule has 0 radical (unpaired) electrons. The van der Waals surface area contributed by atoms with Gasteiger partial charge in [-0.25, -0.2) is 4.98 Å². The van der Waals surface area contributed by atoms with E-state index in [0.29, 0.717) is 11.5 Å². The zero-order chi connectivity index (χ0) is 13.2. The maximum absolute atomic E-state index is 12.2. The molecule has 2 aromatic heterocycles. The van der Waals surface area contributed by atoms with E-state index in [0.717, 1.165) is 16.5 Å². The van der Waals surface area contributed by atoms with Gasteiger partial charge in [-0.2, -0.15) is 0 Å². The molecule has 2 heterocycles. The molecule has 3 nitrogen and oxygen atoms in total. The van der Waals surface area contributed by atoms with Crippen LogP contribution in [0.2, 0.25) is 0 Å². The van der Waals surface area contributed by atoms with Crippen LogP contribution >= 0.6 is 0 Å². The number of aromatic nitrogens is 1. The molecular formula is C16H13NO2. The number of para-hydroxylation sites is 1. The minimum atomic E-state index is -0.0243. The van der Waals surface area contributed by atoms with Gasteiger partial charge in [-0.15, -0.1) is 0 Å². The van der Waals surface area contributed by atoms with E-state index in [1.165, 1.54) is 0 Å². The van der Waals surface area contributed by atoms with Crippen molar-refractivity contribution in [3.05, 3.63) is 65.7 Å². The van der Waals surface area contributed by atoms with Gasteiger partial charge in [0.2, 0.25) is 0 Å². The molecule has 0 fully saturated rings. The second kappa shape index (κ2) is 4.69. The Morgan fingerprint density at radius 2 is 2.05 bits per heavy atom. The third kappa shape index (κ3) is 2.27. The van der Waals surface area contributed by atoms with Crippen LogP contribution in [0.4, 0.5) is 0 Å². The number of rotatable bonds is 3. The molecule has 1 aromatic carbocycles. The number of ketones is 1. The Balaban J connectivity index is 1.98. The molecule has 0 aliphatic heterocycles. The summed E-state index contributed by atoms with van der Waals surface area (Å²) in [5.41, 5.74) is 2.41. The largest absolute Gasteiger partial charge is 0.469 e. The highest BCUT2D eigenvalue weighted by molar-refractivity contribution is 5.98. The zero-order valence-corrected chi connectivity index (χ0v) is 10.6. The number of fused-ring (bicyclic) bond motifs is 1. The SMILES string of the molecule is Cc1cc(C(=O)Cc2ccco2)nc2ccccc12. The van der Waals surface area contributed by atoms with E-state index in [-0.39, 0.29) is 12.2 Å². The third-order valence-electron chi connectivity index (χ3n) is 3.12. The second-order valence-corrected chi connectivity index (χ2v) is 4.52. The second-order valence-electron chi connectivity index (χ2n) is 4.52. The number of hydrogen-bond acceptors (Lipinski definition) is 3. The summed E-state index contributed by atoms with van der Waals surface area (Å²) >= 11 is 0. The quantitative estimate of drug-likeness (QED) is 0.668. The topological polar surface area (TPSA) is 43.1 Å². The highest BCUT2D eigenvalue weighted by Crippen LogP contribution is 2.18. The van der Waals surface area contributed by atoms with Crippen molar-refractivity contribution in [2.75, 3.05) is 0 Å². The molecule has 0 saturated carbocycles. The van der Waals surface area contributed by atoms with E-state index in [9.17, 15) is 4.79 Å². The smallest absolute Gasteiger partial charge is 0.188 e. The van der Waals surface area contributed by atoms with Gasteiger partial charge in [-0.05, 0) is 36.8 Å². The van der Waals surface area contributed by atoms with Crippen LogP contribution < -0.4 is 0 Å². The molecule has 0 unspecified atom stereocenters. The van der Waals surface area contributed by atoms with E-state index < -0.39 is 0 Å². The first-order valence-corrected chi connectivity index (χ1v) is 6.16. The lowest BCUT2D eigenvalue weighted by Gasteiger charge is -2.05. The van der Waals surface area contributed by atoms with Gasteiger partial charge in [0.25, 0.3) is 0 Å². The molecule has 19 heavy (non-hydrogen) atoms. The van der Waals surface area contributed by atoms with Crippen LogP contribution in [0.3, 0.4) is 0 Å². The van der Waals surface area contributed by atoms with Gasteiger partial charge in [0.15, 0.2) is 5.78 Å². The maximum atomic E-state index is 12.2. The number of carbonyl (C=O) groups excluding carboxylic acids is 1. The Bertz CT molecular complexity index is 730. The first-order chi connectivity index (χ1) is 9.24. The Hall–Kier alpha value is -2.42. The van der Waals surface area contributed by atoms with E-state index >= 15 is 0 Å². The molecular weight excluding hydrogens is 238 g/mol. The summed E-state index contributed by atoms with van der Waals surface area (Å²) in [7, 11) is 0. The monoisotopic (exact) mass is 251 g/mol. The molecule has 0 amide bonds. The van der Waals surface area contributed by atoms with E-state index in [2.05, 4.69) is 4.98 Å². The number of benzene rings is 1. The summed E-state index contributed by atoms with van der Waals surface area (Å²) in [5, 5.41) is 1.08. The van der Waals surface area contributed by atoms with Gasteiger partial charge in [-0.1, -0.05) is 18.2 Å². The van der Waals surface area contributed by atoms with Crippen LogP contribution in [0.15, 0.2) is 53.1 Å². The predicted molar refractivity (Wildman–Crippen MR) is 73.2 cm³/mol. The normalized spacial score (nSPS) is 10.8. The minimum absolute atomic E-state index is 0.0243. The number of Topliss-reactive ketones (excluding diaryl/α,β-unsaturated/α-hetero) is 1. The number of hydrogen-bond donors (Lipinski definition) is 0. The van der Waals surface area contributed by atoms with Crippen molar-refractivity contribution < 1.29 is 9.21 Å². The lowest BCUT2D eigenvalue weighted by atomic mass is 10.1. The van der Waals surface area contributed by atoms with Crippen molar-refractivity contribution in [2.45, 2.75) is 13.3 Å². The van der Waals surface area contributed by atoms with Crippen molar-refractivity contribution >= 4 is 16.7 Å². The van der Waals surface area contributed by atoms with E-state index in [1.54, 1.807) is 18.4 Å². The van der Waals surface area contributed by atoms with Crippen LogP contribution in [0.1, 0.15) is 21.8 Å². The van der Waals surface area contributed by atoms with Crippen LogP contribution in [0, 0.1) is 6.92 Å². The molecule has 94 valence electrons. The van der Waals surface area contributed by atoms with Gasteiger partial charge >= 0.3 is 0 Å². The minimum Gasteiger partial charge on any atom is -0.469 e. The van der Waals surface area contributed by atoms with Gasteiger partial charge < -0.3 is 4.42 Å². The fourth-order valence-electron chi connectivity index (χ4n) is 2.15. The standard InChI is InChI=1S/C16H13NO2/c1-11-9-15(16(18)10-12-5-4-8-19-12)17-14-7-3-2-6-13(11)14/h2-9H,10H2,1H3. The van der Waals surface area contributed by atoms with Crippen LogP contribution in [-0.2, 0) is 6.42 Å². The zero-order valence-electron chi connectivity index (χ0n) is 10.6. The number of aryl methyl sites for hydroxylation is 1. The lowest BCUT2D eigenvalue weighted by Crippen LogP contribution is -2.06. The number of nitrogens with zero attached hydrogens (tertiary/aromatic N) is 1. The summed E-state index contributed by atoms with van der Waals surface area (Å²) in [5.74, 6) is 0.640. The molecule has 0 atom stereocenters. The summed E-state index contributed by atoms with van der Waals surface area (Å²) in [6.45, 7) is 1.99. The molecule has 0 aliphatic carbocycles. The molecule has 3 rings (SSSR count). The highest BCUT2D eigenvalue weighted by atomic mass is 16.3. The molecule has 3 aromatic rings. The van der Waals surface area contributed by atoms with E-state index in [4.69, 9.17) is 4.42 Å². The van der Waals surface area contributed by atoms with Gasteiger partial charge in [0.05, 0.1) is 18.2 Å². The molecule has 0 spiro atoms. The molecule has 0 bridgehead atoms. The Morgan fingerprint density at radius 1 is 1.21 bits per heavy atom. The first kappa shape index (κ1) is 11.7. The van der Waals surface area contributed by atoms with Crippen LogP contribution in [-0.4, -0.2) is 10.8 Å². The molecule has 0 saturated heterocycles. The number of furan rings is 1. The number of pyridine rings is 1. The maximum Gasteiger partial charge on any atom is 0.188 e. The Kier molecular flexibility index (Phi) is 2.88. The van der Waals surface area contributed by atoms with E-state index in [1.807, 2.05) is 37.3 Å². The van der Waals surface area contributed by atoms with Crippen LogP contribution in [0.5, 0.6) is 0 Å². The first-order valence-electron chi connectivity index (χ1n) is 6.16. The molecule has 0 N–H and O–H groups in total. The van der Waals surface area contributed by atoms with Crippen LogP contribution in [0.25, 0.3) is 10.9 Å². The summed E-state index contributed by atoms with van der Waals surface area (Å²) in [6, 6.07) is 13.3. The lowest BCUT2D eigenvalue weighted by molar-refractivity contribution is 0.0982. The average Bonchev–Trinajstić information content (AvgIpc) is 2.91. The summed E-state index contributed by atoms with van der Waals surface area (Å²) in [6.07, 6.45) is 1.82. The molecule has 3 heteroatoms. The Morgan fingerprint density at radius 3 is 2.84 bits per heavy atom.